The summed E-state index contributed by atoms with van der Waals surface area (Å²) >= 11 is 0. The number of aromatic nitrogens is 8. The molecule has 0 amide bonds. The number of benzene rings is 1. The van der Waals surface area contributed by atoms with Crippen LogP contribution >= 0.6 is 0 Å². The number of fused-ring (bicyclic) bond motifs is 1. The second-order valence-electron chi connectivity index (χ2n) is 6.52. The molecular formula is C19H17N9. The van der Waals surface area contributed by atoms with Crippen molar-refractivity contribution in [3.8, 4) is 17.1 Å². The molecule has 138 valence electrons. The lowest BCUT2D eigenvalue weighted by atomic mass is 10.2. The molecule has 3 aromatic heterocycles. The van der Waals surface area contributed by atoms with Crippen LogP contribution in [0.3, 0.4) is 0 Å². The SMILES string of the molecule is Cc1cccc(-n2nnc(CN3C=CCn4c(-c5cccnc5)nnc43)n2)c1. The van der Waals surface area contributed by atoms with E-state index in [0.717, 1.165) is 28.6 Å². The molecule has 0 atom stereocenters. The quantitative estimate of drug-likeness (QED) is 0.543. The number of rotatable bonds is 4. The van der Waals surface area contributed by atoms with Crippen molar-refractivity contribution in [2.45, 2.75) is 20.0 Å². The number of aryl methyl sites for hydroxylation is 1. The number of allylic oxidation sites excluding steroid dienone is 1. The van der Waals surface area contributed by atoms with E-state index in [0.29, 0.717) is 18.9 Å². The molecule has 1 aliphatic rings. The molecule has 0 saturated heterocycles. The Bertz CT molecular complexity index is 1140. The predicted molar refractivity (Wildman–Crippen MR) is 102 cm³/mol. The van der Waals surface area contributed by atoms with Crippen molar-refractivity contribution in [3.63, 3.8) is 0 Å². The lowest BCUT2D eigenvalue weighted by molar-refractivity contribution is 0.711. The van der Waals surface area contributed by atoms with Gasteiger partial charge in [-0.3, -0.25) is 9.55 Å². The Kier molecular flexibility index (Phi) is 3.90. The minimum absolute atomic E-state index is 0.452. The molecule has 4 heterocycles. The van der Waals surface area contributed by atoms with Crippen LogP contribution in [0.25, 0.3) is 17.1 Å². The molecule has 0 saturated carbocycles. The van der Waals surface area contributed by atoms with E-state index in [2.05, 4.69) is 36.7 Å². The number of anilines is 1. The van der Waals surface area contributed by atoms with Crippen molar-refractivity contribution in [2.24, 2.45) is 0 Å². The number of hydrogen-bond donors (Lipinski definition) is 0. The molecule has 0 unspecified atom stereocenters. The largest absolute Gasteiger partial charge is 0.310 e. The molecule has 1 aromatic carbocycles. The van der Waals surface area contributed by atoms with Gasteiger partial charge in [0, 0.05) is 30.7 Å². The van der Waals surface area contributed by atoms with Gasteiger partial charge in [-0.05, 0) is 48.0 Å². The van der Waals surface area contributed by atoms with E-state index >= 15 is 0 Å². The van der Waals surface area contributed by atoms with Gasteiger partial charge in [-0.2, -0.15) is 0 Å². The van der Waals surface area contributed by atoms with Crippen LogP contribution in [0.1, 0.15) is 11.4 Å². The average Bonchev–Trinajstić information content (AvgIpc) is 3.36. The van der Waals surface area contributed by atoms with Crippen LogP contribution in [0.4, 0.5) is 5.95 Å². The van der Waals surface area contributed by atoms with E-state index in [1.54, 1.807) is 17.2 Å². The van der Waals surface area contributed by atoms with Crippen molar-refractivity contribution < 1.29 is 0 Å². The zero-order valence-electron chi connectivity index (χ0n) is 15.2. The van der Waals surface area contributed by atoms with Crippen LogP contribution in [0, 0.1) is 6.92 Å². The average molecular weight is 371 g/mol. The van der Waals surface area contributed by atoms with Gasteiger partial charge < -0.3 is 4.90 Å². The second kappa shape index (κ2) is 6.69. The van der Waals surface area contributed by atoms with E-state index in [1.807, 2.05) is 59.0 Å². The maximum absolute atomic E-state index is 4.51. The Labute approximate surface area is 161 Å². The highest BCUT2D eigenvalue weighted by atomic mass is 15.6. The van der Waals surface area contributed by atoms with E-state index in [9.17, 15) is 0 Å². The van der Waals surface area contributed by atoms with Crippen LogP contribution in [0.15, 0.2) is 61.1 Å². The number of tetrazole rings is 1. The summed E-state index contributed by atoms with van der Waals surface area (Å²) in [6, 6.07) is 11.8. The minimum Gasteiger partial charge on any atom is -0.310 e. The van der Waals surface area contributed by atoms with Gasteiger partial charge in [-0.25, -0.2) is 0 Å². The molecule has 0 aliphatic carbocycles. The Hall–Kier alpha value is -3.88. The van der Waals surface area contributed by atoms with E-state index in [4.69, 9.17) is 0 Å². The van der Waals surface area contributed by atoms with Gasteiger partial charge in [0.25, 0.3) is 0 Å². The first-order valence-electron chi connectivity index (χ1n) is 8.91. The molecule has 28 heavy (non-hydrogen) atoms. The monoisotopic (exact) mass is 371 g/mol. The summed E-state index contributed by atoms with van der Waals surface area (Å²) < 4.78 is 2.04. The summed E-state index contributed by atoms with van der Waals surface area (Å²) in [5, 5.41) is 21.6. The Balaban J connectivity index is 1.41. The third kappa shape index (κ3) is 2.92. The summed E-state index contributed by atoms with van der Waals surface area (Å²) in [7, 11) is 0. The highest BCUT2D eigenvalue weighted by molar-refractivity contribution is 5.57. The van der Waals surface area contributed by atoms with Gasteiger partial charge in [0.15, 0.2) is 11.6 Å². The standard InChI is InChI=1S/C19H17N9/c1-14-5-2-7-16(11-14)28-24-17(21-25-28)13-26-9-4-10-27-18(22-23-19(26)27)15-6-3-8-20-12-15/h2-9,11-12H,10,13H2,1H3. The van der Waals surface area contributed by atoms with E-state index in [-0.39, 0.29) is 0 Å². The fourth-order valence-electron chi connectivity index (χ4n) is 3.17. The fraction of sp³-hybridized carbons (Fsp3) is 0.158. The molecule has 1 aliphatic heterocycles. The number of hydrogen-bond acceptors (Lipinski definition) is 7. The third-order valence-corrected chi connectivity index (χ3v) is 4.48. The highest BCUT2D eigenvalue weighted by Gasteiger charge is 2.22. The highest BCUT2D eigenvalue weighted by Crippen LogP contribution is 2.25. The van der Waals surface area contributed by atoms with Gasteiger partial charge >= 0.3 is 0 Å². The topological polar surface area (TPSA) is 90.4 Å². The zero-order chi connectivity index (χ0) is 18.9. The van der Waals surface area contributed by atoms with Crippen LogP contribution in [-0.4, -0.2) is 40.0 Å². The smallest absolute Gasteiger partial charge is 0.232 e. The van der Waals surface area contributed by atoms with Crippen LogP contribution in [0.5, 0.6) is 0 Å². The summed E-state index contributed by atoms with van der Waals surface area (Å²) in [6.45, 7) is 3.19. The Morgan fingerprint density at radius 2 is 2.04 bits per heavy atom. The van der Waals surface area contributed by atoms with E-state index in [1.165, 1.54) is 0 Å². The molecule has 0 spiro atoms. The molecular weight excluding hydrogens is 354 g/mol. The first-order chi connectivity index (χ1) is 13.8. The maximum atomic E-state index is 4.51. The third-order valence-electron chi connectivity index (χ3n) is 4.48. The molecule has 0 N–H and O–H groups in total. The van der Waals surface area contributed by atoms with Gasteiger partial charge in [-0.15, -0.1) is 25.2 Å². The van der Waals surface area contributed by atoms with Crippen molar-refractivity contribution in [3.05, 3.63) is 72.5 Å². The number of pyridine rings is 1. The van der Waals surface area contributed by atoms with Crippen molar-refractivity contribution in [1.29, 1.82) is 0 Å². The first kappa shape index (κ1) is 16.3. The van der Waals surface area contributed by atoms with Gasteiger partial charge in [0.05, 0.1) is 12.2 Å². The molecule has 0 radical (unpaired) electrons. The summed E-state index contributed by atoms with van der Waals surface area (Å²) in [6.07, 6.45) is 7.56. The molecule has 9 nitrogen and oxygen atoms in total. The second-order valence-corrected chi connectivity index (χ2v) is 6.52. The van der Waals surface area contributed by atoms with Gasteiger partial charge in [0.1, 0.15) is 0 Å². The molecule has 5 rings (SSSR count). The Morgan fingerprint density at radius 1 is 1.07 bits per heavy atom. The number of nitrogens with zero attached hydrogens (tertiary/aromatic N) is 9. The fourth-order valence-corrected chi connectivity index (χ4v) is 3.17. The molecule has 4 aromatic rings. The Morgan fingerprint density at radius 3 is 2.89 bits per heavy atom. The lowest BCUT2D eigenvalue weighted by Crippen LogP contribution is -2.24. The summed E-state index contributed by atoms with van der Waals surface area (Å²) in [4.78, 5) is 7.68. The zero-order valence-corrected chi connectivity index (χ0v) is 15.2. The normalized spacial score (nSPS) is 13.0. The van der Waals surface area contributed by atoms with Gasteiger partial charge in [0.2, 0.25) is 5.95 Å². The molecule has 0 fully saturated rings. The summed E-state index contributed by atoms with van der Waals surface area (Å²) in [5.74, 6) is 2.13. The minimum atomic E-state index is 0.452. The molecule has 0 bridgehead atoms. The van der Waals surface area contributed by atoms with Crippen molar-refractivity contribution >= 4 is 5.95 Å². The van der Waals surface area contributed by atoms with E-state index < -0.39 is 0 Å². The van der Waals surface area contributed by atoms with Crippen molar-refractivity contribution in [2.75, 3.05) is 4.90 Å². The summed E-state index contributed by atoms with van der Waals surface area (Å²) in [5.41, 5.74) is 2.96. The van der Waals surface area contributed by atoms with Crippen LogP contribution in [-0.2, 0) is 13.1 Å². The first-order valence-corrected chi connectivity index (χ1v) is 8.91. The van der Waals surface area contributed by atoms with Crippen LogP contribution < -0.4 is 4.90 Å². The molecule has 9 heteroatoms. The lowest BCUT2D eigenvalue weighted by Gasteiger charge is -2.22. The predicted octanol–water partition coefficient (Wildman–Crippen LogP) is 2.16. The van der Waals surface area contributed by atoms with Crippen molar-refractivity contribution in [1.82, 2.24) is 40.0 Å². The van der Waals surface area contributed by atoms with Crippen LogP contribution in [0.2, 0.25) is 0 Å². The maximum Gasteiger partial charge on any atom is 0.232 e. The van der Waals surface area contributed by atoms with Gasteiger partial charge in [-0.1, -0.05) is 12.1 Å².